The Bertz CT molecular complexity index is 1740. The number of nitrogens with zero attached hydrogens (tertiary/aromatic N) is 4. The summed E-state index contributed by atoms with van der Waals surface area (Å²) in [5.41, 5.74) is 1.95. The van der Waals surface area contributed by atoms with E-state index in [1.54, 1.807) is 23.6 Å². The average Bonchev–Trinajstić information content (AvgIpc) is 3.12. The van der Waals surface area contributed by atoms with Gasteiger partial charge in [0.05, 0.1) is 30.0 Å². The molecule has 0 radical (unpaired) electrons. The van der Waals surface area contributed by atoms with E-state index in [1.807, 2.05) is 0 Å². The maximum atomic E-state index is 15.3. The fourth-order valence-electron chi connectivity index (χ4n) is 6.17. The van der Waals surface area contributed by atoms with E-state index < -0.39 is 57.3 Å². The minimum atomic E-state index is -4.97. The minimum Gasteiger partial charge on any atom is -0.396 e. The first kappa shape index (κ1) is 29.4. The van der Waals surface area contributed by atoms with Gasteiger partial charge in [-0.2, -0.15) is 18.2 Å². The number of benzene rings is 2. The molecule has 1 amide bonds. The van der Waals surface area contributed by atoms with Crippen LogP contribution in [0.4, 0.5) is 33.5 Å². The van der Waals surface area contributed by atoms with Crippen molar-refractivity contribution in [3.05, 3.63) is 58.5 Å². The molecule has 8 nitrogen and oxygen atoms in total. The molecule has 2 N–H and O–H groups in total. The molecule has 3 aromatic rings. The van der Waals surface area contributed by atoms with Crippen LogP contribution in [0.15, 0.2) is 40.5 Å². The van der Waals surface area contributed by atoms with E-state index in [-0.39, 0.29) is 66.4 Å². The molecule has 1 aromatic heterocycles. The number of rotatable bonds is 3. The second kappa shape index (κ2) is 10.2. The van der Waals surface area contributed by atoms with Crippen LogP contribution in [-0.4, -0.2) is 64.5 Å². The number of piperazine rings is 1. The monoisotopic (exact) mass is 621 g/mol. The summed E-state index contributed by atoms with van der Waals surface area (Å²) in [6.07, 6.45) is -3.77. The zero-order chi connectivity index (χ0) is 31.0. The number of alkyl halides is 3. The van der Waals surface area contributed by atoms with Crippen LogP contribution >= 0.6 is 11.8 Å². The van der Waals surface area contributed by atoms with E-state index in [0.29, 0.717) is 11.8 Å². The zero-order valence-electron chi connectivity index (χ0n) is 23.3. The highest BCUT2D eigenvalue weighted by Crippen LogP contribution is 2.51. The molecule has 3 aliphatic heterocycles. The van der Waals surface area contributed by atoms with Gasteiger partial charge in [0.2, 0.25) is 5.91 Å². The van der Waals surface area contributed by atoms with Crippen molar-refractivity contribution in [3.63, 3.8) is 0 Å². The van der Waals surface area contributed by atoms with Crippen LogP contribution in [0.5, 0.6) is 0 Å². The molecule has 228 valence electrons. The highest BCUT2D eigenvalue weighted by atomic mass is 32.2. The summed E-state index contributed by atoms with van der Waals surface area (Å²) in [5.74, 6) is -2.26. The van der Waals surface area contributed by atoms with Gasteiger partial charge >= 0.3 is 11.9 Å². The Balaban J connectivity index is 1.67. The molecule has 2 saturated heterocycles. The number of hydrogen-bond donors (Lipinski definition) is 1. The molecule has 14 heteroatoms. The topological polar surface area (TPSA) is 93.7 Å². The summed E-state index contributed by atoms with van der Waals surface area (Å²) in [6, 6.07) is 1.43. The third-order valence-electron chi connectivity index (χ3n) is 8.41. The lowest BCUT2D eigenvalue weighted by Crippen LogP contribution is -2.58. The van der Waals surface area contributed by atoms with Gasteiger partial charge in [0, 0.05) is 70.4 Å². The first-order valence-corrected chi connectivity index (χ1v) is 14.6. The third-order valence-corrected chi connectivity index (χ3v) is 9.85. The molecular weight excluding hydrogens is 593 g/mol. The fourth-order valence-corrected chi connectivity index (χ4v) is 7.59. The normalized spacial score (nSPS) is 21.6. The highest BCUT2D eigenvalue weighted by Gasteiger charge is 2.45. The Labute approximate surface area is 247 Å². The number of nitrogen functional groups attached to an aromatic ring is 1. The molecule has 2 atom stereocenters. The van der Waals surface area contributed by atoms with E-state index in [4.69, 9.17) is 10.5 Å². The van der Waals surface area contributed by atoms with Crippen molar-refractivity contribution in [2.75, 3.05) is 42.7 Å². The number of aromatic nitrogens is 2. The summed E-state index contributed by atoms with van der Waals surface area (Å²) < 4.78 is 80.9. The molecule has 2 fully saturated rings. The zero-order valence-corrected chi connectivity index (χ0v) is 24.1. The molecular formula is C29H28F5N5O3S. The largest absolute Gasteiger partial charge is 0.417 e. The van der Waals surface area contributed by atoms with E-state index in [1.165, 1.54) is 10.6 Å². The SMILES string of the molecule is C=CC(=O)N1C[C@H](C)N(c2nc(=O)n3c4c(c(-c5cc(N)c(F)cc5F)c(C(F)(F)F)cc24)SCC2(COC2)C3)C[C@H]1C. The number of anilines is 2. The molecule has 4 heterocycles. The standard InChI is InChI=1S/C29H28F5N5O3S/c1-4-22(40)37-8-15(3)38(9-14(37)2)26-17-5-18(29(32,33)34)23(16-6-21(35)20(31)7-19(16)30)25-24(17)39(27(41)36-26)10-28(13-43-25)11-42-12-28/h4-7,14-15H,1,8-13,35H2,2-3H3/t14-,15+/m1/s1. The number of hydrogen-bond acceptors (Lipinski definition) is 7. The van der Waals surface area contributed by atoms with Gasteiger partial charge in [0.1, 0.15) is 17.5 Å². The lowest BCUT2D eigenvalue weighted by atomic mass is 9.88. The number of amides is 1. The molecule has 0 unspecified atom stereocenters. The molecule has 43 heavy (non-hydrogen) atoms. The van der Waals surface area contributed by atoms with Crippen molar-refractivity contribution in [1.82, 2.24) is 14.5 Å². The minimum absolute atomic E-state index is 0.0282. The van der Waals surface area contributed by atoms with Crippen LogP contribution in [0.3, 0.4) is 0 Å². The van der Waals surface area contributed by atoms with Crippen LogP contribution in [0.1, 0.15) is 19.4 Å². The Morgan fingerprint density at radius 2 is 1.88 bits per heavy atom. The van der Waals surface area contributed by atoms with Crippen LogP contribution in [-0.2, 0) is 22.3 Å². The predicted molar refractivity (Wildman–Crippen MR) is 153 cm³/mol. The average molecular weight is 622 g/mol. The van der Waals surface area contributed by atoms with Crippen LogP contribution in [0.25, 0.3) is 22.0 Å². The van der Waals surface area contributed by atoms with Crippen LogP contribution in [0, 0.1) is 17.0 Å². The molecule has 0 bridgehead atoms. The first-order chi connectivity index (χ1) is 20.2. The molecule has 0 saturated carbocycles. The molecule has 6 rings (SSSR count). The molecule has 2 aromatic carbocycles. The summed E-state index contributed by atoms with van der Waals surface area (Å²) in [6.45, 7) is 8.26. The molecule has 0 aliphatic carbocycles. The van der Waals surface area contributed by atoms with E-state index >= 15 is 4.39 Å². The Hall–Kier alpha value is -3.65. The van der Waals surface area contributed by atoms with Crippen molar-refractivity contribution in [2.45, 2.75) is 43.5 Å². The number of thioether (sulfide) groups is 1. The first-order valence-electron chi connectivity index (χ1n) is 13.6. The van der Waals surface area contributed by atoms with Crippen molar-refractivity contribution < 1.29 is 31.5 Å². The Kier molecular flexibility index (Phi) is 6.99. The lowest BCUT2D eigenvalue weighted by molar-refractivity contribution is -0.137. The maximum Gasteiger partial charge on any atom is 0.417 e. The van der Waals surface area contributed by atoms with E-state index in [2.05, 4.69) is 11.6 Å². The number of ether oxygens (including phenoxy) is 1. The number of carbonyl (C=O) groups is 1. The summed E-state index contributed by atoms with van der Waals surface area (Å²) in [4.78, 5) is 33.8. The molecule has 3 aliphatic rings. The van der Waals surface area contributed by atoms with E-state index in [9.17, 15) is 27.2 Å². The third kappa shape index (κ3) is 4.74. The second-order valence-electron chi connectivity index (χ2n) is 11.5. The van der Waals surface area contributed by atoms with Gasteiger partial charge in [-0.3, -0.25) is 9.36 Å². The fraction of sp³-hybridized carbons (Fsp3) is 0.414. The smallest absolute Gasteiger partial charge is 0.396 e. The predicted octanol–water partition coefficient (Wildman–Crippen LogP) is 4.68. The van der Waals surface area contributed by atoms with Crippen molar-refractivity contribution in [2.24, 2.45) is 5.41 Å². The summed E-state index contributed by atoms with van der Waals surface area (Å²) >= 11 is 1.08. The van der Waals surface area contributed by atoms with Crippen molar-refractivity contribution >= 4 is 40.1 Å². The summed E-state index contributed by atoms with van der Waals surface area (Å²) in [7, 11) is 0. The van der Waals surface area contributed by atoms with Gasteiger partial charge in [-0.1, -0.05) is 6.58 Å². The van der Waals surface area contributed by atoms with Crippen LogP contribution in [0.2, 0.25) is 0 Å². The quantitative estimate of drug-likeness (QED) is 0.258. The van der Waals surface area contributed by atoms with Gasteiger partial charge < -0.3 is 20.3 Å². The van der Waals surface area contributed by atoms with Gasteiger partial charge in [0.15, 0.2) is 0 Å². The lowest BCUT2D eigenvalue weighted by Gasteiger charge is -2.44. The van der Waals surface area contributed by atoms with Gasteiger partial charge in [-0.15, -0.1) is 11.8 Å². The molecule has 1 spiro atoms. The van der Waals surface area contributed by atoms with Crippen molar-refractivity contribution in [1.29, 1.82) is 0 Å². The van der Waals surface area contributed by atoms with Crippen molar-refractivity contribution in [3.8, 4) is 11.1 Å². The van der Waals surface area contributed by atoms with Gasteiger partial charge in [-0.05, 0) is 32.1 Å². The Morgan fingerprint density at radius 1 is 1.16 bits per heavy atom. The summed E-state index contributed by atoms with van der Waals surface area (Å²) in [5, 5.41) is 0.0634. The Morgan fingerprint density at radius 3 is 2.51 bits per heavy atom. The number of nitrogens with two attached hydrogens (primary N) is 1. The number of halogens is 5. The number of carbonyl (C=O) groups excluding carboxylic acids is 1. The second-order valence-corrected chi connectivity index (χ2v) is 12.5. The van der Waals surface area contributed by atoms with E-state index in [0.717, 1.165) is 23.9 Å². The van der Waals surface area contributed by atoms with Crippen LogP contribution < -0.4 is 16.3 Å². The maximum absolute atomic E-state index is 15.3. The van der Waals surface area contributed by atoms with Gasteiger partial charge in [-0.25, -0.2) is 13.6 Å². The van der Waals surface area contributed by atoms with Gasteiger partial charge in [0.25, 0.3) is 0 Å². The highest BCUT2D eigenvalue weighted by molar-refractivity contribution is 7.99.